The number of benzene rings is 2. The molecule has 3 aliphatic rings. The summed E-state index contributed by atoms with van der Waals surface area (Å²) in [5.41, 5.74) is 9.61. The van der Waals surface area contributed by atoms with Crippen LogP contribution >= 0.6 is 11.6 Å². The average Bonchev–Trinajstić information content (AvgIpc) is 1.38. The molecule has 3 amide bonds. The topological polar surface area (TPSA) is 418 Å². The number of nitrogens with zero attached hydrogens (tertiary/aromatic N) is 18. The Morgan fingerprint density at radius 1 is 0.450 bits per heavy atom. The van der Waals surface area contributed by atoms with Gasteiger partial charge in [-0.25, -0.2) is 71.2 Å². The van der Waals surface area contributed by atoms with Gasteiger partial charge in [0.1, 0.15) is 47.7 Å². The van der Waals surface area contributed by atoms with Gasteiger partial charge in [0.2, 0.25) is 16.3 Å². The van der Waals surface area contributed by atoms with Gasteiger partial charge in [0.15, 0.2) is 103 Å². The number of nitrogens with two attached hydrogens (primary N) is 1. The highest BCUT2D eigenvalue weighted by Crippen LogP contribution is 2.32. The highest BCUT2D eigenvalue weighted by molar-refractivity contribution is 6.29. The van der Waals surface area contributed by atoms with Crippen LogP contribution < -0.4 is 42.1 Å². The van der Waals surface area contributed by atoms with Crippen LogP contribution in [0.4, 0.5) is 38.0 Å². The minimum absolute atomic E-state index is 0.0244. The Morgan fingerprint density at radius 3 is 1.18 bits per heavy atom. The fraction of sp³-hybridized carbons (Fsp3) is 0.250. The van der Waals surface area contributed by atoms with Gasteiger partial charge in [-0.1, -0.05) is 72.3 Å². The standard InChI is InChI=1S/C29H26F2N8O3.C22H20F2N8O3.C19H23N3O3.C10H4ClF2N5/c1-16(2)38-8-9-39-19(11-22(40)25(24(39)29(38)41)42-15-17-6-4-3-5-7-17)13-33-27-21(31)14-34-28(35-27)23-20-10-18(30)12-32-26(20)37-36-23;1-10(2)31-3-4-32-12(6-15(33)18(34)17(32)22(31)35)8-26-20-14(24)9-27-21(28-20)16-13-5-11(23)7-25-19(13)30-29-16;1-13(2)21-8-9-22-15(11-20)10-16(23)18(17(22)19(21)24)25-12-14-6-4-3-5-7-14;11-8-6(13)3-15-10(16-8)7-5-1-4(12)2-14-9(5)18-17-7/h3-7,10-12,14,16H,8-9,13,15H2,1-2H3,(H,32,36,37)(H,33,34,35);5-7,9-10,34H,3-4,8H2,1-2H3,(H,25,29,30)(H,26,27,28);3-7,10,13H,8-9,11-12,20H2,1-2H3;1-3H,(H,14,17,18). The summed E-state index contributed by atoms with van der Waals surface area (Å²) in [5.74, 6) is -5.46. The minimum atomic E-state index is -0.760. The Kier molecular flexibility index (Phi) is 24.1. The van der Waals surface area contributed by atoms with Crippen LogP contribution in [-0.2, 0) is 52.5 Å². The maximum atomic E-state index is 14.8. The maximum Gasteiger partial charge on any atom is 0.274 e. The second kappa shape index (κ2) is 35.2. The summed E-state index contributed by atoms with van der Waals surface area (Å²) in [6, 6.07) is 26.5. The van der Waals surface area contributed by atoms with E-state index in [2.05, 4.69) is 86.1 Å². The summed E-state index contributed by atoms with van der Waals surface area (Å²) in [6.07, 6.45) is 5.98. The Hall–Kier alpha value is -14.4. The summed E-state index contributed by atoms with van der Waals surface area (Å²) in [5, 5.41) is 36.7. The van der Waals surface area contributed by atoms with Crippen molar-refractivity contribution in [2.45, 2.75) is 112 Å². The molecule has 0 aliphatic carbocycles. The van der Waals surface area contributed by atoms with Gasteiger partial charge in [-0.2, -0.15) is 15.3 Å². The van der Waals surface area contributed by atoms with Crippen molar-refractivity contribution in [1.82, 2.24) is 104 Å². The van der Waals surface area contributed by atoms with E-state index in [0.29, 0.717) is 89.5 Å². The van der Waals surface area contributed by atoms with E-state index >= 15 is 0 Å². The van der Waals surface area contributed by atoms with Crippen molar-refractivity contribution < 1.29 is 55.3 Å². The Bertz CT molecular complexity index is 6450. The molecule has 0 bridgehead atoms. The molecule has 0 saturated heterocycles. The van der Waals surface area contributed by atoms with Crippen LogP contribution in [0.25, 0.3) is 67.7 Å². The fourth-order valence-corrected chi connectivity index (χ4v) is 13.8. The number of hydrogen-bond donors (Lipinski definition) is 7. The van der Waals surface area contributed by atoms with E-state index < -0.39 is 57.4 Å². The van der Waals surface area contributed by atoms with E-state index in [1.807, 2.05) is 107 Å². The lowest BCUT2D eigenvalue weighted by molar-refractivity contribution is 0.0628. The van der Waals surface area contributed by atoms with Crippen molar-refractivity contribution in [3.05, 3.63) is 250 Å². The van der Waals surface area contributed by atoms with Crippen molar-refractivity contribution in [3.8, 4) is 51.8 Å². The number of halogens is 7. The van der Waals surface area contributed by atoms with Crippen LogP contribution in [-0.4, -0.2) is 164 Å². The molecule has 17 rings (SSSR count). The smallest absolute Gasteiger partial charge is 0.274 e. The summed E-state index contributed by atoms with van der Waals surface area (Å²) in [7, 11) is 0. The third-order valence-corrected chi connectivity index (χ3v) is 19.8. The number of H-pyrrole nitrogens is 3. The van der Waals surface area contributed by atoms with E-state index in [4.69, 9.17) is 26.8 Å². The number of anilines is 2. The molecule has 0 radical (unpaired) electrons. The molecule has 33 nitrogen and oxygen atoms in total. The number of nitrogens with one attached hydrogen (secondary N) is 5. The van der Waals surface area contributed by atoms with Gasteiger partial charge in [0.05, 0.1) is 66.4 Å². The van der Waals surface area contributed by atoms with Crippen LogP contribution in [0.1, 0.15) is 101 Å². The predicted octanol–water partition coefficient (Wildman–Crippen LogP) is 10.0. The van der Waals surface area contributed by atoms with Gasteiger partial charge in [-0.15, -0.1) is 0 Å². The normalized spacial score (nSPS) is 13.1. The van der Waals surface area contributed by atoms with Gasteiger partial charge in [0.25, 0.3) is 17.7 Å². The van der Waals surface area contributed by atoms with Crippen LogP contribution in [0, 0.1) is 34.9 Å². The molecular weight excluding hydrogens is 1590 g/mol. The first kappa shape index (κ1) is 82.2. The monoisotopic (exact) mass is 1660 g/mol. The van der Waals surface area contributed by atoms with Crippen molar-refractivity contribution in [2.24, 2.45) is 5.73 Å². The number of carbonyl (C=O) groups is 3. The molecule has 0 saturated carbocycles. The van der Waals surface area contributed by atoms with Gasteiger partial charge in [-0.3, -0.25) is 44.1 Å². The molecule has 0 fully saturated rings. The largest absolute Gasteiger partial charge is 0.503 e. The molecule has 0 atom stereocenters. The molecule has 616 valence electrons. The molecule has 2 aromatic carbocycles. The van der Waals surface area contributed by atoms with Crippen LogP contribution in [0.5, 0.6) is 17.2 Å². The number of amides is 3. The number of aromatic hydroxyl groups is 1. The van der Waals surface area contributed by atoms with E-state index in [9.17, 15) is 60.2 Å². The first-order valence-electron chi connectivity index (χ1n) is 37.4. The average molecular weight is 1660 g/mol. The number of aromatic amines is 3. The second-order valence-electron chi connectivity index (χ2n) is 28.2. The zero-order chi connectivity index (χ0) is 84.9. The third kappa shape index (κ3) is 17.2. The van der Waals surface area contributed by atoms with Crippen LogP contribution in [0.15, 0.2) is 149 Å². The summed E-state index contributed by atoms with van der Waals surface area (Å²) >= 11 is 5.56. The lowest BCUT2D eigenvalue weighted by Gasteiger charge is -2.35. The molecule has 40 heteroatoms. The Morgan fingerprint density at radius 2 is 0.800 bits per heavy atom. The van der Waals surface area contributed by atoms with E-state index in [1.165, 1.54) is 36.4 Å². The van der Waals surface area contributed by atoms with E-state index in [-0.39, 0.29) is 148 Å². The Balaban J connectivity index is 0.000000137. The summed E-state index contributed by atoms with van der Waals surface area (Å²) in [6.45, 7) is 14.7. The van der Waals surface area contributed by atoms with Gasteiger partial charge < -0.3 is 59.3 Å². The molecule has 120 heavy (non-hydrogen) atoms. The van der Waals surface area contributed by atoms with Crippen molar-refractivity contribution in [1.29, 1.82) is 0 Å². The first-order chi connectivity index (χ1) is 57.7. The van der Waals surface area contributed by atoms with Gasteiger partial charge in [0, 0.05) is 99.2 Å². The summed E-state index contributed by atoms with van der Waals surface area (Å²) < 4.78 is 99.7. The predicted molar refractivity (Wildman–Crippen MR) is 426 cm³/mol. The quantitative estimate of drug-likeness (QED) is 0.0292. The second-order valence-corrected chi connectivity index (χ2v) is 28.6. The molecule has 3 aliphatic heterocycles. The van der Waals surface area contributed by atoms with Crippen LogP contribution in [0.2, 0.25) is 5.15 Å². The molecule has 0 spiro atoms. The van der Waals surface area contributed by atoms with Crippen molar-refractivity contribution >= 4 is 74.1 Å². The zero-order valence-electron chi connectivity index (χ0n) is 64.7. The number of aromatic nitrogens is 18. The molecule has 14 aromatic rings. The highest BCUT2D eigenvalue weighted by Gasteiger charge is 2.36. The number of pyridine rings is 6. The SMILES string of the molecule is CC(C)N1CCn2c(CN)cc(=O)c(OCc3ccccc3)c2C1=O.CC(C)N1CCn2c(CNc3nc(-c4[nH]nc5ncc(F)cc45)ncc3F)cc(=O)c(O)c2C1=O.CC(C)N1CCn2c(CNc3nc(-c4[nH]nc5ncc(F)cc45)ncc3F)cc(=O)c(OCc3ccccc3)c2C1=O.Fc1cnc2n[nH]c(-c3ncc(F)c(Cl)n3)c2c1. The molecule has 12 aromatic heterocycles. The maximum absolute atomic E-state index is 14.8. The number of fused-ring (bicyclic) bond motifs is 6. The molecule has 0 unspecified atom stereocenters. The van der Waals surface area contributed by atoms with Gasteiger partial charge >= 0.3 is 0 Å². The molecule has 8 N–H and O–H groups in total. The number of rotatable bonds is 19. The third-order valence-electron chi connectivity index (χ3n) is 19.6. The summed E-state index contributed by atoms with van der Waals surface area (Å²) in [4.78, 5) is 118. The lowest BCUT2D eigenvalue weighted by Crippen LogP contribution is -2.46. The number of ether oxygens (including phenoxy) is 2. The Labute approximate surface area is 680 Å². The van der Waals surface area contributed by atoms with Gasteiger partial charge in [-0.05, 0) is 70.9 Å². The highest BCUT2D eigenvalue weighted by atomic mass is 35.5. The van der Waals surface area contributed by atoms with Crippen LogP contribution in [0.3, 0.4) is 0 Å². The van der Waals surface area contributed by atoms with Crippen molar-refractivity contribution in [2.75, 3.05) is 30.3 Å². The number of hydrogen-bond acceptors (Lipinski definition) is 24. The van der Waals surface area contributed by atoms with E-state index in [1.54, 1.807) is 23.8 Å². The van der Waals surface area contributed by atoms with E-state index in [0.717, 1.165) is 48.3 Å². The molecular formula is C80H73ClF6N24O9. The van der Waals surface area contributed by atoms with Crippen molar-refractivity contribution in [3.63, 3.8) is 0 Å². The first-order valence-corrected chi connectivity index (χ1v) is 37.8. The lowest BCUT2D eigenvalue weighted by atomic mass is 10.1. The minimum Gasteiger partial charge on any atom is -0.503 e. The zero-order valence-corrected chi connectivity index (χ0v) is 65.5. The fourth-order valence-electron chi connectivity index (χ4n) is 13.6. The number of carbonyl (C=O) groups excluding carboxylic acids is 3. The molecule has 15 heterocycles.